The zero-order valence-corrected chi connectivity index (χ0v) is 11.7. The molecule has 0 N–H and O–H groups in total. The Bertz CT molecular complexity index is 337. The topological polar surface area (TPSA) is 39.4 Å². The lowest BCUT2D eigenvalue weighted by Gasteiger charge is -2.31. The first-order valence-electron chi connectivity index (χ1n) is 6.94. The zero-order chi connectivity index (χ0) is 13.4. The highest BCUT2D eigenvalue weighted by Gasteiger charge is 2.31. The smallest absolute Gasteiger partial charge is 0.374 e. The third-order valence-corrected chi connectivity index (χ3v) is 3.56. The van der Waals surface area contributed by atoms with Gasteiger partial charge in [0.1, 0.15) is 5.60 Å². The zero-order valence-electron chi connectivity index (χ0n) is 11.7. The predicted molar refractivity (Wildman–Crippen MR) is 71.6 cm³/mol. The Morgan fingerprint density at radius 2 is 2.00 bits per heavy atom. The molecule has 18 heavy (non-hydrogen) atoms. The summed E-state index contributed by atoms with van der Waals surface area (Å²) >= 11 is 0. The molecule has 0 aliphatic rings. The quantitative estimate of drug-likeness (QED) is 0.502. The van der Waals surface area contributed by atoms with E-state index >= 15 is 0 Å². The molecule has 0 aromatic carbocycles. The fourth-order valence-electron chi connectivity index (χ4n) is 2.14. The number of rotatable bonds is 8. The Morgan fingerprint density at radius 1 is 1.28 bits per heavy atom. The van der Waals surface area contributed by atoms with Crippen molar-refractivity contribution in [1.82, 2.24) is 0 Å². The molecule has 0 bridgehead atoms. The van der Waals surface area contributed by atoms with Gasteiger partial charge in [-0.1, -0.05) is 33.6 Å². The van der Waals surface area contributed by atoms with Crippen LogP contribution in [0, 0.1) is 0 Å². The van der Waals surface area contributed by atoms with E-state index in [4.69, 9.17) is 9.15 Å². The first-order valence-corrected chi connectivity index (χ1v) is 6.94. The van der Waals surface area contributed by atoms with E-state index < -0.39 is 0 Å². The number of hydrogen-bond donors (Lipinski definition) is 0. The SMILES string of the molecule is CCCCCC(CC)(CC)OC(=O)c1ccco1. The average molecular weight is 252 g/mol. The molecule has 3 nitrogen and oxygen atoms in total. The van der Waals surface area contributed by atoms with E-state index in [1.807, 2.05) is 0 Å². The van der Waals surface area contributed by atoms with Crippen molar-refractivity contribution >= 4 is 5.97 Å². The molecule has 0 radical (unpaired) electrons. The molecule has 1 aromatic heterocycles. The Balaban J connectivity index is 2.63. The average Bonchev–Trinajstić information content (AvgIpc) is 2.91. The lowest BCUT2D eigenvalue weighted by Crippen LogP contribution is -2.33. The minimum atomic E-state index is -0.347. The van der Waals surface area contributed by atoms with Crippen molar-refractivity contribution in [2.24, 2.45) is 0 Å². The maximum absolute atomic E-state index is 12.0. The first kappa shape index (κ1) is 14.8. The minimum absolute atomic E-state index is 0.289. The molecule has 102 valence electrons. The first-order chi connectivity index (χ1) is 8.67. The van der Waals surface area contributed by atoms with E-state index in [-0.39, 0.29) is 17.3 Å². The van der Waals surface area contributed by atoms with Gasteiger partial charge in [0.2, 0.25) is 5.76 Å². The summed E-state index contributed by atoms with van der Waals surface area (Å²) < 4.78 is 10.8. The molecule has 0 saturated carbocycles. The summed E-state index contributed by atoms with van der Waals surface area (Å²) in [6.45, 7) is 6.32. The van der Waals surface area contributed by atoms with Crippen molar-refractivity contribution in [2.75, 3.05) is 0 Å². The van der Waals surface area contributed by atoms with Crippen LogP contribution in [0.25, 0.3) is 0 Å². The molecule has 1 aromatic rings. The van der Waals surface area contributed by atoms with Crippen LogP contribution in [0.15, 0.2) is 22.8 Å². The van der Waals surface area contributed by atoms with Crippen LogP contribution in [0.1, 0.15) is 69.9 Å². The molecular weight excluding hydrogens is 228 g/mol. The van der Waals surface area contributed by atoms with Gasteiger partial charge in [0, 0.05) is 0 Å². The van der Waals surface area contributed by atoms with E-state index in [1.54, 1.807) is 12.1 Å². The molecule has 0 amide bonds. The van der Waals surface area contributed by atoms with Crippen molar-refractivity contribution in [3.05, 3.63) is 24.2 Å². The summed E-state index contributed by atoms with van der Waals surface area (Å²) in [5.41, 5.74) is -0.334. The van der Waals surface area contributed by atoms with Crippen molar-refractivity contribution in [1.29, 1.82) is 0 Å². The number of carbonyl (C=O) groups excluding carboxylic acids is 1. The van der Waals surface area contributed by atoms with Gasteiger partial charge < -0.3 is 9.15 Å². The number of esters is 1. The Labute approximate surface area is 110 Å². The molecule has 0 unspecified atom stereocenters. The van der Waals surface area contributed by atoms with Crippen LogP contribution >= 0.6 is 0 Å². The van der Waals surface area contributed by atoms with E-state index in [0.29, 0.717) is 0 Å². The molecular formula is C15H24O3. The largest absolute Gasteiger partial charge is 0.457 e. The molecule has 0 atom stereocenters. The number of carbonyl (C=O) groups is 1. The fraction of sp³-hybridized carbons (Fsp3) is 0.667. The van der Waals surface area contributed by atoms with Crippen LogP contribution in [0.4, 0.5) is 0 Å². The molecule has 0 aliphatic carbocycles. The van der Waals surface area contributed by atoms with E-state index in [0.717, 1.165) is 25.7 Å². The molecule has 1 heterocycles. The number of ether oxygens (including phenoxy) is 1. The summed E-state index contributed by atoms with van der Waals surface area (Å²) in [5, 5.41) is 0. The van der Waals surface area contributed by atoms with E-state index in [1.165, 1.54) is 19.1 Å². The highest BCUT2D eigenvalue weighted by molar-refractivity contribution is 5.86. The van der Waals surface area contributed by atoms with Gasteiger partial charge in [-0.05, 0) is 37.8 Å². The van der Waals surface area contributed by atoms with Crippen molar-refractivity contribution < 1.29 is 13.9 Å². The Morgan fingerprint density at radius 3 is 2.50 bits per heavy atom. The minimum Gasteiger partial charge on any atom is -0.457 e. The number of unbranched alkanes of at least 4 members (excludes halogenated alkanes) is 2. The second-order valence-corrected chi connectivity index (χ2v) is 4.71. The second kappa shape index (κ2) is 7.24. The highest BCUT2D eigenvalue weighted by Crippen LogP contribution is 2.28. The standard InChI is InChI=1S/C15H24O3/c1-4-7-8-11-15(5-2,6-3)18-14(16)13-10-9-12-17-13/h9-10,12H,4-8,11H2,1-3H3. The molecule has 3 heteroatoms. The summed E-state index contributed by atoms with van der Waals surface area (Å²) in [6, 6.07) is 3.34. The number of furan rings is 1. The molecule has 0 aliphatic heterocycles. The summed E-state index contributed by atoms with van der Waals surface area (Å²) in [4.78, 5) is 12.0. The van der Waals surface area contributed by atoms with Crippen molar-refractivity contribution in [3.8, 4) is 0 Å². The van der Waals surface area contributed by atoms with Gasteiger partial charge in [0.05, 0.1) is 6.26 Å². The van der Waals surface area contributed by atoms with Crippen LogP contribution in [0.2, 0.25) is 0 Å². The van der Waals surface area contributed by atoms with Crippen LogP contribution in [0.3, 0.4) is 0 Å². The monoisotopic (exact) mass is 252 g/mol. The van der Waals surface area contributed by atoms with Crippen molar-refractivity contribution in [3.63, 3.8) is 0 Å². The van der Waals surface area contributed by atoms with Crippen LogP contribution in [-0.2, 0) is 4.74 Å². The maximum Gasteiger partial charge on any atom is 0.374 e. The van der Waals surface area contributed by atoms with Gasteiger partial charge in [-0.2, -0.15) is 0 Å². The fourth-order valence-corrected chi connectivity index (χ4v) is 2.14. The number of hydrogen-bond acceptors (Lipinski definition) is 3. The Kier molecular flexibility index (Phi) is 5.96. The normalized spacial score (nSPS) is 11.5. The van der Waals surface area contributed by atoms with Gasteiger partial charge in [-0.3, -0.25) is 0 Å². The van der Waals surface area contributed by atoms with Gasteiger partial charge in [-0.25, -0.2) is 4.79 Å². The highest BCUT2D eigenvalue weighted by atomic mass is 16.6. The molecule has 0 fully saturated rings. The summed E-state index contributed by atoms with van der Waals surface area (Å²) in [6.07, 6.45) is 7.58. The lowest BCUT2D eigenvalue weighted by atomic mass is 9.90. The van der Waals surface area contributed by atoms with Crippen LogP contribution in [0.5, 0.6) is 0 Å². The van der Waals surface area contributed by atoms with E-state index in [9.17, 15) is 4.79 Å². The molecule has 1 rings (SSSR count). The van der Waals surface area contributed by atoms with Crippen LogP contribution in [-0.4, -0.2) is 11.6 Å². The maximum atomic E-state index is 12.0. The predicted octanol–water partition coefficient (Wildman–Crippen LogP) is 4.58. The Hall–Kier alpha value is -1.25. The lowest BCUT2D eigenvalue weighted by molar-refractivity contribution is -0.0312. The van der Waals surface area contributed by atoms with Crippen molar-refractivity contribution in [2.45, 2.75) is 64.9 Å². The van der Waals surface area contributed by atoms with E-state index in [2.05, 4.69) is 20.8 Å². The van der Waals surface area contributed by atoms with Crippen LogP contribution < -0.4 is 0 Å². The molecule has 0 saturated heterocycles. The van der Waals surface area contributed by atoms with Gasteiger partial charge >= 0.3 is 5.97 Å². The molecule has 0 spiro atoms. The van der Waals surface area contributed by atoms with Gasteiger partial charge in [0.25, 0.3) is 0 Å². The van der Waals surface area contributed by atoms with Gasteiger partial charge in [-0.15, -0.1) is 0 Å². The summed E-state index contributed by atoms with van der Waals surface area (Å²) in [7, 11) is 0. The summed E-state index contributed by atoms with van der Waals surface area (Å²) in [5.74, 6) is -0.0584. The second-order valence-electron chi connectivity index (χ2n) is 4.71. The van der Waals surface area contributed by atoms with Gasteiger partial charge in [0.15, 0.2) is 0 Å². The third-order valence-electron chi connectivity index (χ3n) is 3.56. The third kappa shape index (κ3) is 3.90.